The Morgan fingerprint density at radius 2 is 0.944 bits per heavy atom. The molecule has 0 aromatic heterocycles. The summed E-state index contributed by atoms with van der Waals surface area (Å²) in [5.74, 6) is -0.673. The highest BCUT2D eigenvalue weighted by atomic mass is 32.3. The fourth-order valence-corrected chi connectivity index (χ4v) is 10.0. The lowest BCUT2D eigenvalue weighted by Crippen LogP contribution is -2.61. The minimum atomic E-state index is -5.12. The minimum Gasteiger partial charge on any atom is -0.394 e. The lowest BCUT2D eigenvalue weighted by atomic mass is 9.99. The molecule has 0 aliphatic carbocycles. The second-order valence-electron chi connectivity index (χ2n) is 20.7. The average Bonchev–Trinajstić information content (AvgIpc) is 3.35. The molecule has 1 fully saturated rings. The fraction of sp³-hybridized carbons (Fsp3) is 0.912. The molecule has 1 aliphatic heterocycles. The normalized spacial score (nSPS) is 20.0. The molecule has 7 N–H and O–H groups in total. The molecule has 0 bridgehead atoms. The van der Waals surface area contributed by atoms with Crippen LogP contribution >= 0.6 is 0 Å². The van der Waals surface area contributed by atoms with Gasteiger partial charge in [0.2, 0.25) is 5.91 Å². The first-order chi connectivity index (χ1) is 34.4. The molecule has 8 unspecified atom stereocenters. The van der Waals surface area contributed by atoms with Gasteiger partial charge in [0, 0.05) is 0 Å². The van der Waals surface area contributed by atoms with Gasteiger partial charge in [-0.05, 0) is 44.9 Å². The maximum absolute atomic E-state index is 13.2. The smallest absolute Gasteiger partial charge is 0.394 e. The van der Waals surface area contributed by atoms with Crippen molar-refractivity contribution in [2.24, 2.45) is 0 Å². The van der Waals surface area contributed by atoms with Gasteiger partial charge in [0.1, 0.15) is 30.5 Å². The Morgan fingerprint density at radius 3 is 1.34 bits per heavy atom. The van der Waals surface area contributed by atoms with Crippen LogP contribution in [0.15, 0.2) is 24.3 Å². The highest BCUT2D eigenvalue weighted by Crippen LogP contribution is 2.26. The van der Waals surface area contributed by atoms with Crippen molar-refractivity contribution >= 4 is 16.3 Å². The van der Waals surface area contributed by atoms with Crippen molar-refractivity contribution in [1.29, 1.82) is 0 Å². The summed E-state index contributed by atoms with van der Waals surface area (Å²) >= 11 is 0. The number of hydrogen-bond acceptors (Lipinski definition) is 11. The van der Waals surface area contributed by atoms with Gasteiger partial charge in [-0.2, -0.15) is 8.42 Å². The number of unbranched alkanes of at least 4 members (excludes halogenated alkanes) is 34. The quantitative estimate of drug-likeness (QED) is 0.0172. The van der Waals surface area contributed by atoms with Gasteiger partial charge in [0.15, 0.2) is 6.29 Å². The molecule has 71 heavy (non-hydrogen) atoms. The van der Waals surface area contributed by atoms with Crippen LogP contribution in [0.3, 0.4) is 0 Å². The Bertz CT molecular complexity index is 1370. The Kier molecular flexibility index (Phi) is 44.7. The number of nitrogens with one attached hydrogen (secondary N) is 1. The molecular weight excluding hydrogens is 923 g/mol. The monoisotopic (exact) mass is 1030 g/mol. The number of carbonyl (C=O) groups excluding carboxylic acids is 1. The zero-order valence-corrected chi connectivity index (χ0v) is 46.0. The van der Waals surface area contributed by atoms with Crippen molar-refractivity contribution in [1.82, 2.24) is 5.32 Å². The Morgan fingerprint density at radius 1 is 0.563 bits per heavy atom. The zero-order chi connectivity index (χ0) is 52.1. The predicted octanol–water partition coefficient (Wildman–Crippen LogP) is 12.6. The van der Waals surface area contributed by atoms with Crippen molar-refractivity contribution in [3.05, 3.63) is 24.3 Å². The van der Waals surface area contributed by atoms with E-state index in [1.54, 1.807) is 0 Å². The first-order valence-electron chi connectivity index (χ1n) is 29.3. The minimum absolute atomic E-state index is 0.249. The van der Waals surface area contributed by atoms with Gasteiger partial charge < -0.3 is 40.3 Å². The Balaban J connectivity index is 2.42. The molecular formula is C57H109NO12S. The molecule has 1 heterocycles. The topological polar surface area (TPSA) is 212 Å². The molecule has 13 nitrogen and oxygen atoms in total. The van der Waals surface area contributed by atoms with E-state index in [1.165, 1.54) is 167 Å². The zero-order valence-electron chi connectivity index (χ0n) is 45.2. The van der Waals surface area contributed by atoms with Crippen LogP contribution in [0.25, 0.3) is 0 Å². The molecule has 420 valence electrons. The van der Waals surface area contributed by atoms with Gasteiger partial charge in [-0.25, -0.2) is 4.18 Å². The van der Waals surface area contributed by atoms with Gasteiger partial charge in [-0.15, -0.1) is 0 Å². The van der Waals surface area contributed by atoms with E-state index in [1.807, 2.05) is 0 Å². The molecule has 0 aromatic rings. The predicted molar refractivity (Wildman–Crippen MR) is 288 cm³/mol. The molecule has 14 heteroatoms. The molecule has 0 spiro atoms. The molecule has 0 saturated carbocycles. The molecule has 1 saturated heterocycles. The van der Waals surface area contributed by atoms with Crippen LogP contribution in [0.2, 0.25) is 0 Å². The van der Waals surface area contributed by atoms with E-state index in [4.69, 9.17) is 9.47 Å². The Hall–Kier alpha value is -1.46. The summed E-state index contributed by atoms with van der Waals surface area (Å²) in [6.07, 6.45) is 44.9. The number of rotatable bonds is 51. The third kappa shape index (κ3) is 38.7. The van der Waals surface area contributed by atoms with Crippen LogP contribution in [-0.4, -0.2) is 107 Å². The van der Waals surface area contributed by atoms with Crippen LogP contribution in [-0.2, 0) is 28.9 Å². The van der Waals surface area contributed by atoms with E-state index >= 15 is 0 Å². The standard InChI is InChI=1S/C57H109NO12S/c1-3-5-7-9-11-13-15-17-19-21-23-25-26-28-30-32-34-36-38-40-42-44-46-51(61)56(64)58-49(48-68-57-54(63)55(70-71(65,66)67)53(62)52(47-59)69-57)50(60)45-43-41-39-37-35-33-31-29-27-24-22-20-18-16-14-12-10-8-6-4-2/h23,25,28,30,49-55,57,59-63H,3-22,24,26-27,29,31-48H2,1-2H3,(H,58,64)(H,65,66,67)/b25-23-,30-28-. The average molecular weight is 1030 g/mol. The van der Waals surface area contributed by atoms with Crippen LogP contribution in [0.1, 0.15) is 271 Å². The molecule has 0 aromatic carbocycles. The van der Waals surface area contributed by atoms with Crippen LogP contribution in [0.4, 0.5) is 0 Å². The van der Waals surface area contributed by atoms with E-state index in [0.717, 1.165) is 64.2 Å². The maximum Gasteiger partial charge on any atom is 0.397 e. The first-order valence-corrected chi connectivity index (χ1v) is 30.7. The number of allylic oxidation sites excluding steroid dienone is 4. The summed E-state index contributed by atoms with van der Waals surface area (Å²) < 4.78 is 47.8. The molecule has 1 amide bonds. The van der Waals surface area contributed by atoms with Gasteiger partial charge in [0.05, 0.1) is 25.4 Å². The third-order valence-corrected chi connectivity index (χ3v) is 14.6. The summed E-state index contributed by atoms with van der Waals surface area (Å²) in [6, 6.07) is -1.04. The van der Waals surface area contributed by atoms with Crippen LogP contribution in [0, 0.1) is 0 Å². The summed E-state index contributed by atoms with van der Waals surface area (Å²) in [6.45, 7) is 3.32. The van der Waals surface area contributed by atoms with Crippen molar-refractivity contribution in [2.45, 2.75) is 320 Å². The van der Waals surface area contributed by atoms with Gasteiger partial charge in [-0.1, -0.05) is 250 Å². The number of aliphatic hydroxyl groups is 5. The number of amides is 1. The summed E-state index contributed by atoms with van der Waals surface area (Å²) in [5, 5.41) is 55.7. The molecule has 8 atom stereocenters. The second kappa shape index (κ2) is 47.0. The number of ether oxygens (including phenoxy) is 2. The highest BCUT2D eigenvalue weighted by molar-refractivity contribution is 7.80. The second-order valence-corrected chi connectivity index (χ2v) is 21.8. The largest absolute Gasteiger partial charge is 0.397 e. The lowest BCUT2D eigenvalue weighted by molar-refractivity contribution is -0.298. The van der Waals surface area contributed by atoms with E-state index in [9.17, 15) is 43.3 Å². The van der Waals surface area contributed by atoms with Gasteiger partial charge >= 0.3 is 10.4 Å². The first kappa shape index (κ1) is 67.6. The SMILES string of the molecule is CCCCCCCCCCC/C=C\C/C=C\CCCCCCCCC(O)C(=O)NC(COC1OC(CO)C(O)C(OS(=O)(=O)O)C1O)C(O)CCCCCCCCCCCCCCCCCCCCCC. The van der Waals surface area contributed by atoms with Crippen LogP contribution in [0.5, 0.6) is 0 Å². The van der Waals surface area contributed by atoms with Crippen molar-refractivity contribution in [2.75, 3.05) is 13.2 Å². The van der Waals surface area contributed by atoms with Gasteiger partial charge in [0.25, 0.3) is 0 Å². The van der Waals surface area contributed by atoms with Crippen molar-refractivity contribution < 1.29 is 57.0 Å². The summed E-state index contributed by atoms with van der Waals surface area (Å²) in [5.41, 5.74) is 0. The van der Waals surface area contributed by atoms with E-state index < -0.39 is 78.5 Å². The molecule has 1 aliphatic rings. The number of aliphatic hydroxyl groups excluding tert-OH is 5. The van der Waals surface area contributed by atoms with Gasteiger partial charge in [-0.3, -0.25) is 9.35 Å². The van der Waals surface area contributed by atoms with E-state index in [-0.39, 0.29) is 6.42 Å². The third-order valence-electron chi connectivity index (χ3n) is 14.1. The molecule has 1 rings (SSSR count). The Labute approximate surface area is 434 Å². The maximum atomic E-state index is 13.2. The number of hydrogen-bond donors (Lipinski definition) is 7. The van der Waals surface area contributed by atoms with E-state index in [0.29, 0.717) is 19.3 Å². The van der Waals surface area contributed by atoms with Crippen molar-refractivity contribution in [3.63, 3.8) is 0 Å². The van der Waals surface area contributed by atoms with Crippen molar-refractivity contribution in [3.8, 4) is 0 Å². The summed E-state index contributed by atoms with van der Waals surface area (Å²) in [4.78, 5) is 13.2. The molecule has 0 radical (unpaired) electrons. The highest BCUT2D eigenvalue weighted by Gasteiger charge is 2.48. The number of carbonyl (C=O) groups is 1. The fourth-order valence-electron chi connectivity index (χ4n) is 9.50. The van der Waals surface area contributed by atoms with Crippen LogP contribution < -0.4 is 5.32 Å². The van der Waals surface area contributed by atoms with E-state index in [2.05, 4.69) is 47.7 Å². The summed E-state index contributed by atoms with van der Waals surface area (Å²) in [7, 11) is -5.12. The lowest BCUT2D eigenvalue weighted by Gasteiger charge is -2.41.